The zero-order valence-electron chi connectivity index (χ0n) is 9.68. The van der Waals surface area contributed by atoms with E-state index in [9.17, 15) is 15.0 Å². The van der Waals surface area contributed by atoms with E-state index in [-0.39, 0.29) is 50.2 Å². The number of hydrogen-bond donors (Lipinski definition) is 4. The van der Waals surface area contributed by atoms with Crippen molar-refractivity contribution in [3.05, 3.63) is 34.5 Å². The molecular weight excluding hydrogens is 248 g/mol. The van der Waals surface area contributed by atoms with Gasteiger partial charge in [0, 0.05) is 0 Å². The number of phenols is 2. The molecule has 96 valence electrons. The van der Waals surface area contributed by atoms with Crippen LogP contribution in [0.4, 0.5) is 11.4 Å². The summed E-state index contributed by atoms with van der Waals surface area (Å²) in [4.78, 5) is 12.3. The summed E-state index contributed by atoms with van der Waals surface area (Å²) in [5, 5.41) is 19.6. The van der Waals surface area contributed by atoms with Gasteiger partial charge in [0.2, 0.25) is 5.43 Å². The fraction of sp³-hybridized carbons (Fsp3) is 0. The lowest BCUT2D eigenvalue weighted by Crippen LogP contribution is -2.05. The first-order valence-corrected chi connectivity index (χ1v) is 5.46. The maximum atomic E-state index is 12.3. The normalized spacial score (nSPS) is 11.2. The van der Waals surface area contributed by atoms with Crippen molar-refractivity contribution in [3.8, 4) is 11.5 Å². The Labute approximate surface area is 106 Å². The van der Waals surface area contributed by atoms with Crippen molar-refractivity contribution in [2.75, 3.05) is 11.5 Å². The van der Waals surface area contributed by atoms with Crippen LogP contribution in [0.25, 0.3) is 21.9 Å². The van der Waals surface area contributed by atoms with Crippen LogP contribution in [0.1, 0.15) is 0 Å². The average molecular weight is 258 g/mol. The lowest BCUT2D eigenvalue weighted by molar-refractivity contribution is 0.476. The van der Waals surface area contributed by atoms with Gasteiger partial charge >= 0.3 is 0 Å². The topological polar surface area (TPSA) is 123 Å². The van der Waals surface area contributed by atoms with Crippen molar-refractivity contribution in [2.24, 2.45) is 0 Å². The van der Waals surface area contributed by atoms with Crippen LogP contribution in [-0.4, -0.2) is 10.2 Å². The van der Waals surface area contributed by atoms with Gasteiger partial charge in [-0.25, -0.2) is 0 Å². The third-order valence-electron chi connectivity index (χ3n) is 3.04. The molecule has 0 atom stereocenters. The van der Waals surface area contributed by atoms with Gasteiger partial charge < -0.3 is 26.1 Å². The molecule has 0 spiro atoms. The molecule has 0 fully saturated rings. The highest BCUT2D eigenvalue weighted by Crippen LogP contribution is 2.34. The van der Waals surface area contributed by atoms with Gasteiger partial charge in [-0.3, -0.25) is 4.79 Å². The molecule has 1 heterocycles. The Kier molecular flexibility index (Phi) is 2.10. The minimum atomic E-state index is -0.324. The lowest BCUT2D eigenvalue weighted by atomic mass is 10.1. The van der Waals surface area contributed by atoms with E-state index < -0.39 is 0 Å². The third kappa shape index (κ3) is 1.40. The number of phenolic OH excluding ortho intramolecular Hbond substituents is 2. The Morgan fingerprint density at radius 2 is 1.26 bits per heavy atom. The van der Waals surface area contributed by atoms with Gasteiger partial charge in [0.1, 0.15) is 22.9 Å². The number of nitrogen functional groups attached to an aromatic ring is 2. The fourth-order valence-electron chi connectivity index (χ4n) is 2.00. The van der Waals surface area contributed by atoms with Gasteiger partial charge in [0.05, 0.1) is 10.8 Å². The smallest absolute Gasteiger partial charge is 0.200 e. The molecule has 0 aliphatic rings. The molecule has 0 aliphatic heterocycles. The molecule has 19 heavy (non-hydrogen) atoms. The minimum absolute atomic E-state index is 0.0424. The molecule has 0 amide bonds. The predicted octanol–water partition coefficient (Wildman–Crippen LogP) is 1.52. The van der Waals surface area contributed by atoms with Crippen LogP contribution < -0.4 is 16.9 Å². The van der Waals surface area contributed by atoms with Crippen LogP contribution in [0, 0.1) is 0 Å². The summed E-state index contributed by atoms with van der Waals surface area (Å²) in [7, 11) is 0. The molecule has 0 saturated heterocycles. The molecule has 0 unspecified atom stereocenters. The number of nitrogens with two attached hydrogens (primary N) is 2. The van der Waals surface area contributed by atoms with Crippen molar-refractivity contribution >= 4 is 33.3 Å². The zero-order chi connectivity index (χ0) is 13.7. The van der Waals surface area contributed by atoms with Crippen molar-refractivity contribution in [1.29, 1.82) is 0 Å². The Bertz CT molecular complexity index is 814. The van der Waals surface area contributed by atoms with Crippen molar-refractivity contribution < 1.29 is 14.6 Å². The fourth-order valence-corrected chi connectivity index (χ4v) is 2.00. The first-order valence-electron chi connectivity index (χ1n) is 5.46. The Hall–Kier alpha value is -2.89. The van der Waals surface area contributed by atoms with Crippen molar-refractivity contribution in [3.63, 3.8) is 0 Å². The van der Waals surface area contributed by atoms with Crippen LogP contribution >= 0.6 is 0 Å². The van der Waals surface area contributed by atoms with E-state index in [4.69, 9.17) is 15.9 Å². The number of anilines is 2. The van der Waals surface area contributed by atoms with E-state index in [2.05, 4.69) is 0 Å². The summed E-state index contributed by atoms with van der Waals surface area (Å²) in [6.45, 7) is 0. The number of hydrogen-bond acceptors (Lipinski definition) is 6. The van der Waals surface area contributed by atoms with Gasteiger partial charge in [0.15, 0.2) is 11.2 Å². The van der Waals surface area contributed by atoms with Crippen LogP contribution in [0.2, 0.25) is 0 Å². The molecule has 6 nitrogen and oxygen atoms in total. The monoisotopic (exact) mass is 258 g/mol. The number of benzene rings is 2. The molecule has 3 aromatic rings. The van der Waals surface area contributed by atoms with E-state index in [1.165, 1.54) is 24.3 Å². The molecule has 0 aliphatic carbocycles. The molecular formula is C13H10N2O4. The number of aromatic hydroxyl groups is 2. The van der Waals surface area contributed by atoms with Gasteiger partial charge in [-0.1, -0.05) is 0 Å². The molecule has 1 aromatic heterocycles. The summed E-state index contributed by atoms with van der Waals surface area (Å²) in [6.07, 6.45) is 0. The quantitative estimate of drug-likeness (QED) is 0.275. The third-order valence-corrected chi connectivity index (χ3v) is 3.04. The standard InChI is InChI=1S/C13H10N2O4/c14-9-7(16)3-1-5-11(18)6-2-4-8(17)10(15)13(6)19-12(5)9/h1-4,16-17H,14-15H2. The van der Waals surface area contributed by atoms with Gasteiger partial charge in [-0.2, -0.15) is 0 Å². The molecule has 0 bridgehead atoms. The summed E-state index contributed by atoms with van der Waals surface area (Å²) in [5.74, 6) is -0.373. The average Bonchev–Trinajstić information content (AvgIpc) is 2.39. The number of rotatable bonds is 0. The Morgan fingerprint density at radius 3 is 1.68 bits per heavy atom. The maximum absolute atomic E-state index is 12.3. The molecule has 2 aromatic carbocycles. The predicted molar refractivity (Wildman–Crippen MR) is 72.1 cm³/mol. The van der Waals surface area contributed by atoms with E-state index in [1.807, 2.05) is 0 Å². The molecule has 6 heteroatoms. The highest BCUT2D eigenvalue weighted by atomic mass is 16.3. The summed E-state index contributed by atoms with van der Waals surface area (Å²) < 4.78 is 5.48. The van der Waals surface area contributed by atoms with Crippen LogP contribution in [0.15, 0.2) is 33.5 Å². The van der Waals surface area contributed by atoms with E-state index >= 15 is 0 Å². The van der Waals surface area contributed by atoms with E-state index in [0.717, 1.165) is 0 Å². The van der Waals surface area contributed by atoms with Gasteiger partial charge in [-0.15, -0.1) is 0 Å². The highest BCUT2D eigenvalue weighted by Gasteiger charge is 2.15. The molecule has 6 N–H and O–H groups in total. The minimum Gasteiger partial charge on any atom is -0.506 e. The molecule has 0 saturated carbocycles. The summed E-state index contributed by atoms with van der Waals surface area (Å²) in [5.41, 5.74) is 11.1. The largest absolute Gasteiger partial charge is 0.506 e. The second-order valence-corrected chi connectivity index (χ2v) is 4.18. The highest BCUT2D eigenvalue weighted by molar-refractivity contribution is 6.00. The van der Waals surface area contributed by atoms with E-state index in [1.54, 1.807) is 0 Å². The van der Waals surface area contributed by atoms with Gasteiger partial charge in [-0.05, 0) is 24.3 Å². The van der Waals surface area contributed by atoms with Crippen molar-refractivity contribution in [2.45, 2.75) is 0 Å². The number of fused-ring (bicyclic) bond motifs is 2. The molecule has 0 radical (unpaired) electrons. The maximum Gasteiger partial charge on any atom is 0.200 e. The Balaban J connectivity index is 2.65. The first-order chi connectivity index (χ1) is 9.00. The second-order valence-electron chi connectivity index (χ2n) is 4.18. The van der Waals surface area contributed by atoms with Crippen LogP contribution in [0.5, 0.6) is 11.5 Å². The SMILES string of the molecule is Nc1c(O)ccc2c(=O)c3ccc(O)c(N)c3oc12. The van der Waals surface area contributed by atoms with Crippen molar-refractivity contribution in [1.82, 2.24) is 0 Å². The lowest BCUT2D eigenvalue weighted by Gasteiger charge is -2.07. The second kappa shape index (κ2) is 3.55. The van der Waals surface area contributed by atoms with Crippen LogP contribution in [0.3, 0.4) is 0 Å². The van der Waals surface area contributed by atoms with Crippen LogP contribution in [-0.2, 0) is 0 Å². The van der Waals surface area contributed by atoms with E-state index in [0.29, 0.717) is 0 Å². The first kappa shape index (κ1) is 11.2. The summed E-state index contributed by atoms with van der Waals surface area (Å²) in [6, 6.07) is 5.50. The van der Waals surface area contributed by atoms with Gasteiger partial charge in [0.25, 0.3) is 0 Å². The zero-order valence-corrected chi connectivity index (χ0v) is 9.68. The summed E-state index contributed by atoms with van der Waals surface area (Å²) >= 11 is 0. The molecule has 3 rings (SSSR count). The Morgan fingerprint density at radius 1 is 0.842 bits per heavy atom.